The Morgan fingerprint density at radius 3 is 2.76 bits per heavy atom. The Bertz CT molecular complexity index is 454. The van der Waals surface area contributed by atoms with Gasteiger partial charge in [0.2, 0.25) is 5.91 Å². The minimum Gasteiger partial charge on any atom is -0.396 e. The van der Waals surface area contributed by atoms with Crippen molar-refractivity contribution in [1.82, 2.24) is 0 Å². The maximum absolute atomic E-state index is 11.6. The number of fused-ring (bicyclic) bond motifs is 1. The first-order valence-electron chi connectivity index (χ1n) is 6.04. The minimum absolute atomic E-state index is 0.0803. The number of aliphatic hydroxyl groups excluding tert-OH is 1. The van der Waals surface area contributed by atoms with E-state index in [1.165, 1.54) is 16.7 Å². The summed E-state index contributed by atoms with van der Waals surface area (Å²) in [5, 5.41) is 9.12. The van der Waals surface area contributed by atoms with Crippen molar-refractivity contribution in [2.24, 2.45) is 0 Å². The zero-order valence-corrected chi connectivity index (χ0v) is 10.7. The zero-order chi connectivity index (χ0) is 12.6. The van der Waals surface area contributed by atoms with E-state index in [0.29, 0.717) is 6.54 Å². The predicted octanol–water partition coefficient (Wildman–Crippen LogP) is 2.14. The van der Waals surface area contributed by atoms with Gasteiger partial charge in [-0.25, -0.2) is 0 Å². The van der Waals surface area contributed by atoms with Crippen LogP contribution in [0.1, 0.15) is 36.0 Å². The number of aliphatic hydroxyl groups is 1. The van der Waals surface area contributed by atoms with Crippen molar-refractivity contribution >= 4 is 11.6 Å². The average molecular weight is 233 g/mol. The van der Waals surface area contributed by atoms with Crippen LogP contribution in [0.5, 0.6) is 0 Å². The molecule has 1 heterocycles. The number of hydrogen-bond acceptors (Lipinski definition) is 2. The van der Waals surface area contributed by atoms with Crippen molar-refractivity contribution in [3.63, 3.8) is 0 Å². The van der Waals surface area contributed by atoms with Gasteiger partial charge >= 0.3 is 0 Å². The van der Waals surface area contributed by atoms with Gasteiger partial charge in [-0.05, 0) is 43.0 Å². The van der Waals surface area contributed by atoms with Gasteiger partial charge in [-0.2, -0.15) is 0 Å². The van der Waals surface area contributed by atoms with E-state index in [0.717, 1.165) is 12.1 Å². The number of carbonyl (C=O) groups excluding carboxylic acids is 1. The maximum Gasteiger partial charge on any atom is 0.223 e. The lowest BCUT2D eigenvalue weighted by Crippen LogP contribution is -2.27. The number of aryl methyl sites for hydroxylation is 2. The third kappa shape index (κ3) is 2.07. The smallest absolute Gasteiger partial charge is 0.223 e. The summed E-state index contributed by atoms with van der Waals surface area (Å²) >= 11 is 0. The zero-order valence-electron chi connectivity index (χ0n) is 10.7. The molecule has 2 rings (SSSR count). The van der Waals surface area contributed by atoms with Crippen molar-refractivity contribution in [2.75, 3.05) is 18.1 Å². The molecule has 0 aliphatic carbocycles. The fraction of sp³-hybridized carbons (Fsp3) is 0.500. The fourth-order valence-corrected chi connectivity index (χ4v) is 2.81. The highest BCUT2D eigenvalue weighted by atomic mass is 16.3. The fourth-order valence-electron chi connectivity index (χ4n) is 2.81. The van der Waals surface area contributed by atoms with Crippen LogP contribution in [0.2, 0.25) is 0 Å². The second-order valence-corrected chi connectivity index (χ2v) is 4.85. The first kappa shape index (κ1) is 12.1. The van der Waals surface area contributed by atoms with E-state index in [4.69, 9.17) is 5.11 Å². The molecule has 3 heteroatoms. The van der Waals surface area contributed by atoms with Crippen LogP contribution in [0.3, 0.4) is 0 Å². The van der Waals surface area contributed by atoms with E-state index >= 15 is 0 Å². The van der Waals surface area contributed by atoms with Crippen LogP contribution >= 0.6 is 0 Å². The summed E-state index contributed by atoms with van der Waals surface area (Å²) in [4.78, 5) is 13.5. The standard InChI is InChI=1S/C14H19NO2/c1-9-6-10(2)14-12(4-5-16)8-15(11(3)17)13(14)7-9/h6-7,12,16H,4-5,8H2,1-3H3. The number of carbonyl (C=O) groups is 1. The first-order valence-corrected chi connectivity index (χ1v) is 6.04. The molecule has 1 amide bonds. The van der Waals surface area contributed by atoms with E-state index in [9.17, 15) is 4.79 Å². The molecule has 1 aromatic rings. The average Bonchev–Trinajstić information content (AvgIpc) is 2.57. The maximum atomic E-state index is 11.6. The predicted molar refractivity (Wildman–Crippen MR) is 68.4 cm³/mol. The molecule has 17 heavy (non-hydrogen) atoms. The highest BCUT2D eigenvalue weighted by molar-refractivity contribution is 5.94. The molecule has 92 valence electrons. The summed E-state index contributed by atoms with van der Waals surface area (Å²) in [5.41, 5.74) is 4.67. The molecule has 1 atom stereocenters. The van der Waals surface area contributed by atoms with Crippen molar-refractivity contribution in [3.05, 3.63) is 28.8 Å². The van der Waals surface area contributed by atoms with E-state index in [1.807, 2.05) is 11.8 Å². The van der Waals surface area contributed by atoms with Gasteiger partial charge in [0.05, 0.1) is 0 Å². The van der Waals surface area contributed by atoms with Crippen LogP contribution in [0.15, 0.2) is 12.1 Å². The molecule has 0 radical (unpaired) electrons. The number of rotatable bonds is 2. The van der Waals surface area contributed by atoms with E-state index in [-0.39, 0.29) is 18.4 Å². The Balaban J connectivity index is 2.50. The molecule has 1 N–H and O–H groups in total. The van der Waals surface area contributed by atoms with Gasteiger partial charge < -0.3 is 10.0 Å². The first-order chi connectivity index (χ1) is 8.04. The molecule has 0 bridgehead atoms. The highest BCUT2D eigenvalue weighted by Gasteiger charge is 2.31. The third-order valence-corrected chi connectivity index (χ3v) is 3.47. The monoisotopic (exact) mass is 233 g/mol. The SMILES string of the molecule is CC(=O)N1CC(CCO)c2c(C)cc(C)cc21. The molecule has 1 aromatic carbocycles. The number of nitrogens with zero attached hydrogens (tertiary/aromatic N) is 1. The van der Waals surface area contributed by atoms with Gasteiger partial charge in [0.1, 0.15) is 0 Å². The molecule has 0 saturated carbocycles. The molecule has 1 aliphatic heterocycles. The number of anilines is 1. The Labute approximate surface area is 102 Å². The van der Waals surface area contributed by atoms with Crippen molar-refractivity contribution in [2.45, 2.75) is 33.1 Å². The number of benzene rings is 1. The lowest BCUT2D eigenvalue weighted by atomic mass is 9.93. The largest absolute Gasteiger partial charge is 0.396 e. The summed E-state index contributed by atoms with van der Waals surface area (Å²) in [7, 11) is 0. The molecule has 1 aliphatic rings. The summed E-state index contributed by atoms with van der Waals surface area (Å²) in [6.07, 6.45) is 0.723. The molecule has 0 saturated heterocycles. The Morgan fingerprint density at radius 1 is 1.47 bits per heavy atom. The van der Waals surface area contributed by atoms with Crippen molar-refractivity contribution in [1.29, 1.82) is 0 Å². The van der Waals surface area contributed by atoms with Gasteiger partial charge in [0, 0.05) is 31.7 Å². The molecule has 3 nitrogen and oxygen atoms in total. The summed E-state index contributed by atoms with van der Waals surface area (Å²) < 4.78 is 0. The van der Waals surface area contributed by atoms with Crippen LogP contribution in [0.4, 0.5) is 5.69 Å². The number of hydrogen-bond donors (Lipinski definition) is 1. The van der Waals surface area contributed by atoms with Crippen LogP contribution in [0.25, 0.3) is 0 Å². The summed E-state index contributed by atoms with van der Waals surface area (Å²) in [5.74, 6) is 0.358. The quantitative estimate of drug-likeness (QED) is 0.850. The normalized spacial score (nSPS) is 18.4. The minimum atomic E-state index is 0.0803. The van der Waals surface area contributed by atoms with Gasteiger partial charge in [0.15, 0.2) is 0 Å². The Morgan fingerprint density at radius 2 is 2.18 bits per heavy atom. The third-order valence-electron chi connectivity index (χ3n) is 3.47. The van der Waals surface area contributed by atoms with E-state index in [2.05, 4.69) is 19.1 Å². The second kappa shape index (κ2) is 4.49. The van der Waals surface area contributed by atoms with Crippen LogP contribution in [-0.2, 0) is 4.79 Å². The molecular weight excluding hydrogens is 214 g/mol. The molecule has 0 aromatic heterocycles. The second-order valence-electron chi connectivity index (χ2n) is 4.85. The molecule has 1 unspecified atom stereocenters. The van der Waals surface area contributed by atoms with Crippen molar-refractivity contribution in [3.8, 4) is 0 Å². The van der Waals surface area contributed by atoms with Gasteiger partial charge in [-0.1, -0.05) is 6.07 Å². The van der Waals surface area contributed by atoms with Crippen LogP contribution in [0, 0.1) is 13.8 Å². The van der Waals surface area contributed by atoms with Gasteiger partial charge in [-0.15, -0.1) is 0 Å². The van der Waals surface area contributed by atoms with E-state index in [1.54, 1.807) is 6.92 Å². The lowest BCUT2D eigenvalue weighted by Gasteiger charge is -2.15. The van der Waals surface area contributed by atoms with Gasteiger partial charge in [0.25, 0.3) is 0 Å². The summed E-state index contributed by atoms with van der Waals surface area (Å²) in [6.45, 7) is 6.60. The summed E-state index contributed by atoms with van der Waals surface area (Å²) in [6, 6.07) is 4.22. The Hall–Kier alpha value is -1.35. The molecule has 0 spiro atoms. The number of amides is 1. The van der Waals surface area contributed by atoms with Crippen LogP contribution < -0.4 is 4.90 Å². The van der Waals surface area contributed by atoms with Crippen molar-refractivity contribution < 1.29 is 9.90 Å². The Kier molecular flexibility index (Phi) is 3.20. The van der Waals surface area contributed by atoms with Gasteiger partial charge in [-0.3, -0.25) is 4.79 Å². The molecular formula is C14H19NO2. The molecule has 0 fully saturated rings. The lowest BCUT2D eigenvalue weighted by molar-refractivity contribution is -0.116. The topological polar surface area (TPSA) is 40.5 Å². The highest BCUT2D eigenvalue weighted by Crippen LogP contribution is 2.40. The van der Waals surface area contributed by atoms with E-state index < -0.39 is 0 Å². The van der Waals surface area contributed by atoms with Crippen LogP contribution in [-0.4, -0.2) is 24.2 Å².